The first-order valence-corrected chi connectivity index (χ1v) is 12.5. The highest BCUT2D eigenvalue weighted by molar-refractivity contribution is 7.89. The van der Waals surface area contributed by atoms with Crippen LogP contribution in [0.2, 0.25) is 0 Å². The number of hydrogen-bond acceptors (Lipinski definition) is 3. The van der Waals surface area contributed by atoms with E-state index in [0.717, 1.165) is 24.3 Å². The van der Waals surface area contributed by atoms with Gasteiger partial charge in [0.05, 0.1) is 4.90 Å². The predicted molar refractivity (Wildman–Crippen MR) is 111 cm³/mol. The molecule has 1 heterocycles. The zero-order valence-corrected chi connectivity index (χ0v) is 17.7. The first-order chi connectivity index (χ1) is 13.9. The van der Waals surface area contributed by atoms with E-state index in [9.17, 15) is 13.2 Å². The molecule has 4 saturated carbocycles. The molecule has 0 radical (unpaired) electrons. The number of urea groups is 1. The molecule has 5 aliphatic rings. The summed E-state index contributed by atoms with van der Waals surface area (Å²) in [5.74, 6) is 2.64. The Morgan fingerprint density at radius 1 is 0.931 bits per heavy atom. The van der Waals surface area contributed by atoms with Crippen molar-refractivity contribution in [2.24, 2.45) is 23.2 Å². The predicted octanol–water partition coefficient (Wildman–Crippen LogP) is 2.92. The van der Waals surface area contributed by atoms with Gasteiger partial charge in [-0.2, -0.15) is 4.31 Å². The van der Waals surface area contributed by atoms with Crippen molar-refractivity contribution in [3.8, 4) is 0 Å². The summed E-state index contributed by atoms with van der Waals surface area (Å²) >= 11 is 0. The number of nitrogens with zero attached hydrogens (tertiary/aromatic N) is 2. The van der Waals surface area contributed by atoms with Crippen molar-refractivity contribution in [3.05, 3.63) is 30.3 Å². The molecule has 29 heavy (non-hydrogen) atoms. The van der Waals surface area contributed by atoms with E-state index in [4.69, 9.17) is 0 Å². The second kappa shape index (κ2) is 7.27. The molecular formula is C22H31N3O3S. The molecule has 0 aromatic heterocycles. The minimum Gasteiger partial charge on any atom is -0.337 e. The fourth-order valence-corrected chi connectivity index (χ4v) is 8.20. The van der Waals surface area contributed by atoms with E-state index in [1.165, 1.54) is 42.8 Å². The Morgan fingerprint density at radius 3 is 2.03 bits per heavy atom. The van der Waals surface area contributed by atoms with E-state index < -0.39 is 10.0 Å². The van der Waals surface area contributed by atoms with Crippen LogP contribution in [0, 0.1) is 23.2 Å². The summed E-state index contributed by atoms with van der Waals surface area (Å²) in [6, 6.07) is 8.50. The Balaban J connectivity index is 1.15. The molecule has 4 aliphatic carbocycles. The number of carbonyl (C=O) groups is 1. The normalized spacial score (nSPS) is 34.3. The smallest absolute Gasteiger partial charge is 0.317 e. The van der Waals surface area contributed by atoms with Gasteiger partial charge in [0.15, 0.2) is 0 Å². The van der Waals surface area contributed by atoms with Gasteiger partial charge in [-0.25, -0.2) is 13.2 Å². The molecule has 5 fully saturated rings. The molecule has 1 aliphatic heterocycles. The van der Waals surface area contributed by atoms with Gasteiger partial charge in [-0.1, -0.05) is 18.2 Å². The summed E-state index contributed by atoms with van der Waals surface area (Å²) < 4.78 is 27.0. The monoisotopic (exact) mass is 417 g/mol. The molecule has 2 amide bonds. The lowest BCUT2D eigenvalue weighted by molar-refractivity contribution is -0.0503. The molecule has 0 atom stereocenters. The van der Waals surface area contributed by atoms with Crippen LogP contribution in [0.15, 0.2) is 35.2 Å². The molecule has 4 bridgehead atoms. The van der Waals surface area contributed by atoms with Crippen molar-refractivity contribution >= 4 is 16.1 Å². The molecule has 1 aromatic carbocycles. The maximum atomic E-state index is 12.8. The molecule has 0 spiro atoms. The van der Waals surface area contributed by atoms with Crippen molar-refractivity contribution in [1.29, 1.82) is 0 Å². The van der Waals surface area contributed by atoms with Crippen LogP contribution in [0.25, 0.3) is 0 Å². The molecule has 1 N–H and O–H groups in total. The van der Waals surface area contributed by atoms with Gasteiger partial charge in [0.25, 0.3) is 0 Å². The first-order valence-electron chi connectivity index (χ1n) is 11.0. The maximum Gasteiger partial charge on any atom is 0.317 e. The van der Waals surface area contributed by atoms with Crippen LogP contribution >= 0.6 is 0 Å². The molecular weight excluding hydrogens is 386 g/mol. The summed E-state index contributed by atoms with van der Waals surface area (Å²) in [6.45, 7) is 2.37. The lowest BCUT2D eigenvalue weighted by Crippen LogP contribution is -2.56. The van der Waals surface area contributed by atoms with Gasteiger partial charge in [-0.05, 0) is 73.8 Å². The third-order valence-electron chi connectivity index (χ3n) is 7.69. The van der Waals surface area contributed by atoms with Crippen LogP contribution in [0.3, 0.4) is 0 Å². The minimum absolute atomic E-state index is 0.0301. The Morgan fingerprint density at radius 2 is 1.48 bits per heavy atom. The highest BCUT2D eigenvalue weighted by atomic mass is 32.2. The number of nitrogens with one attached hydrogen (secondary N) is 1. The summed E-state index contributed by atoms with van der Waals surface area (Å²) in [4.78, 5) is 14.9. The third-order valence-corrected chi connectivity index (χ3v) is 9.60. The standard InChI is InChI=1S/C22H31N3O3S/c26-21(23-16-22-13-17-10-18(14-22)12-19(11-17)15-22)24-6-8-25(9-7-24)29(27,28)20-4-2-1-3-5-20/h1-5,17-19H,6-16H2,(H,23,26). The lowest BCUT2D eigenvalue weighted by atomic mass is 9.49. The number of benzene rings is 1. The van der Waals surface area contributed by atoms with Gasteiger partial charge in [0.2, 0.25) is 10.0 Å². The van der Waals surface area contributed by atoms with Crippen LogP contribution in [-0.2, 0) is 10.0 Å². The number of hydrogen-bond donors (Lipinski definition) is 1. The maximum absolute atomic E-state index is 12.8. The fraction of sp³-hybridized carbons (Fsp3) is 0.682. The second-order valence-electron chi connectivity index (χ2n) is 9.78. The van der Waals surface area contributed by atoms with E-state index in [0.29, 0.717) is 36.5 Å². The van der Waals surface area contributed by atoms with E-state index in [1.54, 1.807) is 29.2 Å². The summed E-state index contributed by atoms with van der Waals surface area (Å²) in [6.07, 6.45) is 8.06. The Labute approximate surface area is 173 Å². The largest absolute Gasteiger partial charge is 0.337 e. The third kappa shape index (κ3) is 3.67. The summed E-state index contributed by atoms with van der Waals surface area (Å²) in [5, 5.41) is 3.21. The van der Waals surface area contributed by atoms with Gasteiger partial charge in [0, 0.05) is 32.7 Å². The van der Waals surface area contributed by atoms with E-state index in [-0.39, 0.29) is 6.03 Å². The van der Waals surface area contributed by atoms with Crippen molar-refractivity contribution in [1.82, 2.24) is 14.5 Å². The van der Waals surface area contributed by atoms with Gasteiger partial charge in [-0.3, -0.25) is 0 Å². The summed E-state index contributed by atoms with van der Waals surface area (Å²) in [7, 11) is -3.48. The SMILES string of the molecule is O=C(NCC12CC3CC(CC(C3)C1)C2)N1CCN(S(=O)(=O)c2ccccc2)CC1. The highest BCUT2D eigenvalue weighted by Crippen LogP contribution is 2.59. The molecule has 0 unspecified atom stereocenters. The zero-order valence-electron chi connectivity index (χ0n) is 16.9. The van der Waals surface area contributed by atoms with Gasteiger partial charge >= 0.3 is 6.03 Å². The number of amides is 2. The molecule has 6 rings (SSSR count). The number of piperazine rings is 1. The average Bonchev–Trinajstić information content (AvgIpc) is 2.72. The Kier molecular flexibility index (Phi) is 4.86. The van der Waals surface area contributed by atoms with Crippen molar-refractivity contribution in [3.63, 3.8) is 0 Å². The highest BCUT2D eigenvalue weighted by Gasteiger charge is 2.50. The van der Waals surface area contributed by atoms with Gasteiger partial charge in [0.1, 0.15) is 0 Å². The van der Waals surface area contributed by atoms with Crippen LogP contribution in [-0.4, -0.2) is 56.4 Å². The topological polar surface area (TPSA) is 69.7 Å². The second-order valence-corrected chi connectivity index (χ2v) is 11.7. The summed E-state index contributed by atoms with van der Waals surface area (Å²) in [5.41, 5.74) is 0.322. The fourth-order valence-electron chi connectivity index (χ4n) is 6.75. The van der Waals surface area contributed by atoms with E-state index >= 15 is 0 Å². The average molecular weight is 418 g/mol. The van der Waals surface area contributed by atoms with Crippen LogP contribution in [0.4, 0.5) is 4.79 Å². The molecule has 158 valence electrons. The number of rotatable bonds is 4. The first kappa shape index (κ1) is 19.4. The minimum atomic E-state index is -3.48. The quantitative estimate of drug-likeness (QED) is 0.819. The Hall–Kier alpha value is -1.60. The van der Waals surface area contributed by atoms with E-state index in [1.807, 2.05) is 6.07 Å². The zero-order chi connectivity index (χ0) is 20.1. The number of carbonyl (C=O) groups excluding carboxylic acids is 1. The van der Waals surface area contributed by atoms with Gasteiger partial charge < -0.3 is 10.2 Å². The molecule has 1 aromatic rings. The van der Waals surface area contributed by atoms with Crippen molar-refractivity contribution in [2.75, 3.05) is 32.7 Å². The molecule has 1 saturated heterocycles. The lowest BCUT2D eigenvalue weighted by Gasteiger charge is -2.57. The number of sulfonamides is 1. The molecule has 6 nitrogen and oxygen atoms in total. The van der Waals surface area contributed by atoms with Crippen molar-refractivity contribution in [2.45, 2.75) is 43.4 Å². The van der Waals surface area contributed by atoms with Crippen LogP contribution in [0.1, 0.15) is 38.5 Å². The van der Waals surface area contributed by atoms with Crippen molar-refractivity contribution < 1.29 is 13.2 Å². The van der Waals surface area contributed by atoms with Gasteiger partial charge in [-0.15, -0.1) is 0 Å². The Bertz CT molecular complexity index is 827. The molecule has 7 heteroatoms. The van der Waals surface area contributed by atoms with Crippen LogP contribution in [0.5, 0.6) is 0 Å². The van der Waals surface area contributed by atoms with Crippen LogP contribution < -0.4 is 5.32 Å². The van der Waals surface area contributed by atoms with E-state index in [2.05, 4.69) is 5.32 Å².